The summed E-state index contributed by atoms with van der Waals surface area (Å²) < 4.78 is 9.93. The Morgan fingerprint density at radius 2 is 2.35 bits per heavy atom. The number of methoxy groups -OCH3 is 1. The van der Waals surface area contributed by atoms with Gasteiger partial charge in [-0.1, -0.05) is 0 Å². The van der Waals surface area contributed by atoms with Gasteiger partial charge < -0.3 is 14.8 Å². The van der Waals surface area contributed by atoms with Crippen LogP contribution in [-0.4, -0.2) is 62.4 Å². The normalized spacial score (nSPS) is 16.1. The van der Waals surface area contributed by atoms with Crippen molar-refractivity contribution in [1.29, 1.82) is 0 Å². The van der Waals surface area contributed by atoms with Crippen molar-refractivity contribution in [2.45, 2.75) is 12.8 Å². The Balaban J connectivity index is 1.65. The number of hydrogen-bond donors (Lipinski definition) is 1. The number of thiazole rings is 1. The van der Waals surface area contributed by atoms with Crippen LogP contribution in [0.2, 0.25) is 0 Å². The highest BCUT2D eigenvalue weighted by molar-refractivity contribution is 7.13. The largest absolute Gasteiger partial charge is 0.469 e. The number of hydrogen-bond acceptors (Lipinski definition) is 7. The number of carbonyl (C=O) groups is 1. The Kier molecular flexibility index (Phi) is 6.23. The molecule has 0 amide bonds. The molecule has 0 spiro atoms. The summed E-state index contributed by atoms with van der Waals surface area (Å²) in [7, 11) is 1.40. The number of nitrogens with one attached hydrogen (secondary N) is 1. The number of nitrogens with zero attached hydrogens (tertiary/aromatic N) is 2. The predicted octanol–water partition coefficient (Wildman–Crippen LogP) is 0.993. The van der Waals surface area contributed by atoms with E-state index < -0.39 is 0 Å². The number of rotatable bonds is 7. The van der Waals surface area contributed by atoms with E-state index >= 15 is 0 Å². The van der Waals surface area contributed by atoms with Crippen molar-refractivity contribution in [2.24, 2.45) is 0 Å². The number of ether oxygens (including phenoxy) is 2. The monoisotopic (exact) mass is 299 g/mol. The van der Waals surface area contributed by atoms with E-state index in [1.54, 1.807) is 11.3 Å². The fraction of sp³-hybridized carbons (Fsp3) is 0.692. The third-order valence-corrected chi connectivity index (χ3v) is 4.02. The number of anilines is 1. The van der Waals surface area contributed by atoms with Crippen LogP contribution in [0.15, 0.2) is 5.38 Å². The lowest BCUT2D eigenvalue weighted by molar-refractivity contribution is -0.140. The summed E-state index contributed by atoms with van der Waals surface area (Å²) in [6.07, 6.45) is 1.02. The summed E-state index contributed by atoms with van der Waals surface area (Å²) in [5.41, 5.74) is 0.939. The molecule has 0 aliphatic carbocycles. The van der Waals surface area contributed by atoms with Gasteiger partial charge in [0.05, 0.1) is 32.4 Å². The van der Waals surface area contributed by atoms with Crippen molar-refractivity contribution < 1.29 is 14.3 Å². The molecule has 1 saturated heterocycles. The number of morpholine rings is 1. The van der Waals surface area contributed by atoms with Crippen LogP contribution in [0.3, 0.4) is 0 Å². The van der Waals surface area contributed by atoms with Crippen LogP contribution in [0.1, 0.15) is 12.1 Å². The van der Waals surface area contributed by atoms with Gasteiger partial charge in [-0.3, -0.25) is 9.69 Å². The third kappa shape index (κ3) is 5.07. The zero-order valence-electron chi connectivity index (χ0n) is 11.8. The standard InChI is InChI=1S/C13H21N3O3S/c1-18-12(17)3-2-11-10-20-13(15-11)14-4-5-16-6-8-19-9-7-16/h10H,2-9H2,1H3,(H,14,15). The van der Waals surface area contributed by atoms with Crippen LogP contribution >= 0.6 is 11.3 Å². The highest BCUT2D eigenvalue weighted by Crippen LogP contribution is 2.16. The molecule has 6 nitrogen and oxygen atoms in total. The summed E-state index contributed by atoms with van der Waals surface area (Å²) in [6, 6.07) is 0. The van der Waals surface area contributed by atoms with Crippen molar-refractivity contribution in [2.75, 3.05) is 51.8 Å². The molecule has 1 aromatic heterocycles. The van der Waals surface area contributed by atoms with Crippen molar-refractivity contribution in [3.8, 4) is 0 Å². The Morgan fingerprint density at radius 3 is 3.10 bits per heavy atom. The molecule has 1 aromatic rings. The molecular formula is C13H21N3O3S. The van der Waals surface area contributed by atoms with Crippen molar-refractivity contribution in [1.82, 2.24) is 9.88 Å². The molecule has 0 radical (unpaired) electrons. The molecular weight excluding hydrogens is 278 g/mol. The first kappa shape index (κ1) is 15.2. The van der Waals surface area contributed by atoms with E-state index in [9.17, 15) is 4.79 Å². The molecule has 0 saturated carbocycles. The second kappa shape index (κ2) is 8.18. The second-order valence-electron chi connectivity index (χ2n) is 4.60. The van der Waals surface area contributed by atoms with Crippen LogP contribution < -0.4 is 5.32 Å². The van der Waals surface area contributed by atoms with Gasteiger partial charge in [0.25, 0.3) is 0 Å². The first-order valence-corrected chi connectivity index (χ1v) is 7.71. The summed E-state index contributed by atoms with van der Waals surface area (Å²) in [5.74, 6) is -0.195. The predicted molar refractivity (Wildman–Crippen MR) is 78.2 cm³/mol. The lowest BCUT2D eigenvalue weighted by Crippen LogP contribution is -2.38. The van der Waals surface area contributed by atoms with E-state index in [4.69, 9.17) is 4.74 Å². The molecule has 20 heavy (non-hydrogen) atoms. The first-order chi connectivity index (χ1) is 9.78. The minimum absolute atomic E-state index is 0.195. The molecule has 2 heterocycles. The SMILES string of the molecule is COC(=O)CCc1csc(NCCN2CCOCC2)n1. The maximum Gasteiger partial charge on any atom is 0.305 e. The summed E-state index contributed by atoms with van der Waals surface area (Å²) >= 11 is 1.58. The van der Waals surface area contributed by atoms with Crippen LogP contribution in [0, 0.1) is 0 Å². The summed E-state index contributed by atoms with van der Waals surface area (Å²) in [4.78, 5) is 17.9. The second-order valence-corrected chi connectivity index (χ2v) is 5.46. The van der Waals surface area contributed by atoms with Gasteiger partial charge in [0.15, 0.2) is 5.13 Å². The Morgan fingerprint density at radius 1 is 1.55 bits per heavy atom. The van der Waals surface area contributed by atoms with Crippen LogP contribution in [0.4, 0.5) is 5.13 Å². The maximum absolute atomic E-state index is 11.1. The van der Waals surface area contributed by atoms with Gasteiger partial charge in [-0.05, 0) is 0 Å². The molecule has 112 valence electrons. The highest BCUT2D eigenvalue weighted by atomic mass is 32.1. The Bertz CT molecular complexity index is 419. The number of aromatic nitrogens is 1. The van der Waals surface area contributed by atoms with Crippen LogP contribution in [0.25, 0.3) is 0 Å². The topological polar surface area (TPSA) is 63.7 Å². The maximum atomic E-state index is 11.1. The van der Waals surface area contributed by atoms with Crippen LogP contribution in [-0.2, 0) is 20.7 Å². The lowest BCUT2D eigenvalue weighted by atomic mass is 10.2. The van der Waals surface area contributed by atoms with Gasteiger partial charge in [-0.25, -0.2) is 4.98 Å². The summed E-state index contributed by atoms with van der Waals surface area (Å²) in [6.45, 7) is 5.54. The third-order valence-electron chi connectivity index (χ3n) is 3.17. The fourth-order valence-corrected chi connectivity index (χ4v) is 2.75. The number of carbonyl (C=O) groups excluding carboxylic acids is 1. The average Bonchev–Trinajstić information content (AvgIpc) is 2.94. The Labute approximate surface area is 123 Å². The van der Waals surface area contributed by atoms with E-state index in [1.807, 2.05) is 5.38 Å². The molecule has 1 fully saturated rings. The molecule has 7 heteroatoms. The first-order valence-electron chi connectivity index (χ1n) is 6.83. The van der Waals surface area contributed by atoms with Gasteiger partial charge in [0, 0.05) is 38.0 Å². The van der Waals surface area contributed by atoms with E-state index in [0.717, 1.165) is 50.2 Å². The van der Waals surface area contributed by atoms with Crippen molar-refractivity contribution >= 4 is 22.4 Å². The molecule has 1 N–H and O–H groups in total. The smallest absolute Gasteiger partial charge is 0.305 e. The zero-order valence-corrected chi connectivity index (χ0v) is 12.6. The fourth-order valence-electron chi connectivity index (χ4n) is 1.98. The Hall–Kier alpha value is -1.18. The van der Waals surface area contributed by atoms with Gasteiger partial charge in [-0.15, -0.1) is 11.3 Å². The molecule has 0 atom stereocenters. The molecule has 0 bridgehead atoms. The van der Waals surface area contributed by atoms with E-state index in [-0.39, 0.29) is 5.97 Å². The van der Waals surface area contributed by atoms with Gasteiger partial charge in [0.2, 0.25) is 0 Å². The molecule has 1 aliphatic rings. The minimum Gasteiger partial charge on any atom is -0.469 e. The van der Waals surface area contributed by atoms with E-state index in [0.29, 0.717) is 12.8 Å². The van der Waals surface area contributed by atoms with Crippen molar-refractivity contribution in [3.63, 3.8) is 0 Å². The lowest BCUT2D eigenvalue weighted by Gasteiger charge is -2.26. The van der Waals surface area contributed by atoms with Gasteiger partial charge in [-0.2, -0.15) is 0 Å². The van der Waals surface area contributed by atoms with Crippen molar-refractivity contribution in [3.05, 3.63) is 11.1 Å². The quantitative estimate of drug-likeness (QED) is 0.758. The summed E-state index contributed by atoms with van der Waals surface area (Å²) in [5, 5.41) is 6.22. The van der Waals surface area contributed by atoms with E-state index in [1.165, 1.54) is 7.11 Å². The number of esters is 1. The highest BCUT2D eigenvalue weighted by Gasteiger charge is 2.10. The molecule has 0 aromatic carbocycles. The molecule has 0 unspecified atom stereocenters. The van der Waals surface area contributed by atoms with E-state index in [2.05, 4.69) is 19.9 Å². The minimum atomic E-state index is -0.195. The molecule has 1 aliphatic heterocycles. The van der Waals surface area contributed by atoms with Gasteiger partial charge in [0.1, 0.15) is 0 Å². The molecule has 2 rings (SSSR count). The zero-order chi connectivity index (χ0) is 14.2. The van der Waals surface area contributed by atoms with Crippen LogP contribution in [0.5, 0.6) is 0 Å². The van der Waals surface area contributed by atoms with Gasteiger partial charge >= 0.3 is 5.97 Å². The average molecular weight is 299 g/mol. The number of aryl methyl sites for hydroxylation is 1.